The molecule has 1 aromatic heterocycles. The molecule has 0 N–H and O–H groups in total. The SMILES string of the molecule is O=C1CCc2cc(Br)c(-n3cnc(C4CC4)c3)cc21. The highest BCUT2D eigenvalue weighted by atomic mass is 79.9. The number of halogens is 1. The van der Waals surface area contributed by atoms with Crippen LogP contribution in [0.1, 0.15) is 46.8 Å². The van der Waals surface area contributed by atoms with E-state index in [4.69, 9.17) is 0 Å². The van der Waals surface area contributed by atoms with E-state index in [0.29, 0.717) is 12.3 Å². The van der Waals surface area contributed by atoms with E-state index in [2.05, 4.69) is 33.2 Å². The Morgan fingerprint density at radius 1 is 1.26 bits per heavy atom. The highest BCUT2D eigenvalue weighted by Crippen LogP contribution is 2.39. The van der Waals surface area contributed by atoms with Gasteiger partial charge in [-0.3, -0.25) is 4.79 Å². The van der Waals surface area contributed by atoms with Gasteiger partial charge in [-0.05, 0) is 52.9 Å². The molecule has 96 valence electrons. The second-order valence-electron chi connectivity index (χ2n) is 5.36. The first-order valence-electron chi connectivity index (χ1n) is 6.62. The van der Waals surface area contributed by atoms with Crippen molar-refractivity contribution in [1.29, 1.82) is 0 Å². The Kier molecular flexibility index (Phi) is 2.42. The Morgan fingerprint density at radius 3 is 2.89 bits per heavy atom. The van der Waals surface area contributed by atoms with Crippen LogP contribution in [0.5, 0.6) is 0 Å². The molecule has 0 amide bonds. The summed E-state index contributed by atoms with van der Waals surface area (Å²) in [6.45, 7) is 0. The lowest BCUT2D eigenvalue weighted by molar-refractivity contribution is 0.0994. The first-order chi connectivity index (χ1) is 9.22. The normalized spacial score (nSPS) is 17.8. The molecular formula is C15H13BrN2O. The third kappa shape index (κ3) is 1.86. The molecule has 1 heterocycles. The number of hydrogen-bond donors (Lipinski definition) is 0. The van der Waals surface area contributed by atoms with Gasteiger partial charge in [0.1, 0.15) is 0 Å². The van der Waals surface area contributed by atoms with Gasteiger partial charge in [-0.1, -0.05) is 0 Å². The zero-order valence-corrected chi connectivity index (χ0v) is 12.0. The lowest BCUT2D eigenvalue weighted by atomic mass is 10.1. The van der Waals surface area contributed by atoms with E-state index in [9.17, 15) is 4.79 Å². The fourth-order valence-electron chi connectivity index (χ4n) is 2.71. The van der Waals surface area contributed by atoms with Gasteiger partial charge in [0.25, 0.3) is 0 Å². The molecule has 2 aliphatic rings. The lowest BCUT2D eigenvalue weighted by Crippen LogP contribution is -1.97. The van der Waals surface area contributed by atoms with Crippen molar-refractivity contribution >= 4 is 21.7 Å². The summed E-state index contributed by atoms with van der Waals surface area (Å²) in [5.41, 5.74) is 4.20. The monoisotopic (exact) mass is 316 g/mol. The van der Waals surface area contributed by atoms with Gasteiger partial charge < -0.3 is 4.57 Å². The van der Waals surface area contributed by atoms with Gasteiger partial charge in [-0.25, -0.2) is 4.98 Å². The van der Waals surface area contributed by atoms with Crippen LogP contribution in [-0.2, 0) is 6.42 Å². The van der Waals surface area contributed by atoms with Crippen molar-refractivity contribution in [2.75, 3.05) is 0 Å². The van der Waals surface area contributed by atoms with E-state index < -0.39 is 0 Å². The zero-order chi connectivity index (χ0) is 13.0. The van der Waals surface area contributed by atoms with E-state index in [1.807, 2.05) is 17.0 Å². The van der Waals surface area contributed by atoms with E-state index in [0.717, 1.165) is 27.7 Å². The number of carbonyl (C=O) groups is 1. The van der Waals surface area contributed by atoms with Gasteiger partial charge in [0.2, 0.25) is 0 Å². The second kappa shape index (κ2) is 4.04. The lowest BCUT2D eigenvalue weighted by Gasteiger charge is -2.08. The zero-order valence-electron chi connectivity index (χ0n) is 10.4. The molecule has 0 spiro atoms. The van der Waals surface area contributed by atoms with Crippen LogP contribution in [0.2, 0.25) is 0 Å². The highest BCUT2D eigenvalue weighted by molar-refractivity contribution is 9.10. The summed E-state index contributed by atoms with van der Waals surface area (Å²) in [5, 5.41) is 0. The summed E-state index contributed by atoms with van der Waals surface area (Å²) in [6.07, 6.45) is 7.94. The first kappa shape index (κ1) is 11.4. The maximum atomic E-state index is 11.8. The number of rotatable bonds is 2. The molecular weight excluding hydrogens is 304 g/mol. The number of aromatic nitrogens is 2. The first-order valence-corrected chi connectivity index (χ1v) is 7.41. The van der Waals surface area contributed by atoms with Crippen LogP contribution in [0.3, 0.4) is 0 Å². The van der Waals surface area contributed by atoms with E-state index >= 15 is 0 Å². The topological polar surface area (TPSA) is 34.9 Å². The average molecular weight is 317 g/mol. The Bertz CT molecular complexity index is 685. The molecule has 2 aliphatic carbocycles. The molecule has 0 atom stereocenters. The number of aryl methyl sites for hydroxylation is 1. The number of benzene rings is 1. The summed E-state index contributed by atoms with van der Waals surface area (Å²) < 4.78 is 3.05. The van der Waals surface area contributed by atoms with Crippen LogP contribution in [0.15, 0.2) is 29.1 Å². The molecule has 1 fully saturated rings. The molecule has 0 unspecified atom stereocenters. The van der Waals surface area contributed by atoms with E-state index in [1.54, 1.807) is 0 Å². The van der Waals surface area contributed by atoms with Crippen LogP contribution in [-0.4, -0.2) is 15.3 Å². The minimum atomic E-state index is 0.256. The number of carbonyl (C=O) groups excluding carboxylic acids is 1. The van der Waals surface area contributed by atoms with Crippen molar-refractivity contribution in [3.63, 3.8) is 0 Å². The predicted molar refractivity (Wildman–Crippen MR) is 75.9 cm³/mol. The van der Waals surface area contributed by atoms with Gasteiger partial charge in [0.05, 0.1) is 17.7 Å². The van der Waals surface area contributed by atoms with Crippen molar-refractivity contribution in [3.05, 3.63) is 46.0 Å². The number of imidazole rings is 1. The molecule has 1 saturated carbocycles. The van der Waals surface area contributed by atoms with Crippen LogP contribution in [0.4, 0.5) is 0 Å². The maximum absolute atomic E-state index is 11.8. The average Bonchev–Trinajstić information content (AvgIpc) is 3.04. The molecule has 0 aliphatic heterocycles. The van der Waals surface area contributed by atoms with Crippen LogP contribution in [0.25, 0.3) is 5.69 Å². The summed E-state index contributed by atoms with van der Waals surface area (Å²) >= 11 is 3.61. The fraction of sp³-hybridized carbons (Fsp3) is 0.333. The summed E-state index contributed by atoms with van der Waals surface area (Å²) in [7, 11) is 0. The molecule has 4 rings (SSSR count). The second-order valence-corrected chi connectivity index (χ2v) is 6.22. The molecule has 0 radical (unpaired) electrons. The molecule has 3 nitrogen and oxygen atoms in total. The van der Waals surface area contributed by atoms with Crippen molar-refractivity contribution in [3.8, 4) is 5.69 Å². The summed E-state index contributed by atoms with van der Waals surface area (Å²) in [5.74, 6) is 0.905. The number of hydrogen-bond acceptors (Lipinski definition) is 2. The molecule has 4 heteroatoms. The van der Waals surface area contributed by atoms with Crippen molar-refractivity contribution in [1.82, 2.24) is 9.55 Å². The minimum Gasteiger partial charge on any atom is -0.305 e. The number of Topliss-reactive ketones (excluding diaryl/α,β-unsaturated/α-hetero) is 1. The fourth-order valence-corrected chi connectivity index (χ4v) is 3.31. The van der Waals surface area contributed by atoms with Gasteiger partial charge in [-0.2, -0.15) is 0 Å². The Balaban J connectivity index is 1.81. The van der Waals surface area contributed by atoms with Gasteiger partial charge in [-0.15, -0.1) is 0 Å². The highest BCUT2D eigenvalue weighted by Gasteiger charge is 2.26. The molecule has 1 aromatic carbocycles. The number of fused-ring (bicyclic) bond motifs is 1. The molecule has 0 saturated heterocycles. The Hall–Kier alpha value is -1.42. The van der Waals surface area contributed by atoms with Crippen molar-refractivity contribution in [2.24, 2.45) is 0 Å². The molecule has 2 aromatic rings. The summed E-state index contributed by atoms with van der Waals surface area (Å²) in [6, 6.07) is 4.07. The van der Waals surface area contributed by atoms with Crippen molar-refractivity contribution in [2.45, 2.75) is 31.6 Å². The van der Waals surface area contributed by atoms with Crippen LogP contribution >= 0.6 is 15.9 Å². The third-order valence-electron chi connectivity index (χ3n) is 3.97. The minimum absolute atomic E-state index is 0.256. The quantitative estimate of drug-likeness (QED) is 0.847. The molecule has 0 bridgehead atoms. The summed E-state index contributed by atoms with van der Waals surface area (Å²) in [4.78, 5) is 16.3. The third-order valence-corrected chi connectivity index (χ3v) is 4.61. The van der Waals surface area contributed by atoms with Crippen LogP contribution in [0, 0.1) is 0 Å². The van der Waals surface area contributed by atoms with E-state index in [1.165, 1.54) is 18.5 Å². The maximum Gasteiger partial charge on any atom is 0.163 e. The smallest absolute Gasteiger partial charge is 0.163 e. The van der Waals surface area contributed by atoms with Crippen molar-refractivity contribution < 1.29 is 4.79 Å². The Labute approximate surface area is 119 Å². The van der Waals surface area contributed by atoms with Gasteiger partial charge >= 0.3 is 0 Å². The standard InChI is InChI=1S/C15H13BrN2O/c16-12-5-10-3-4-15(19)11(10)6-14(12)18-7-13(17-8-18)9-1-2-9/h5-9H,1-4H2. The number of ketones is 1. The Morgan fingerprint density at radius 2 is 2.11 bits per heavy atom. The van der Waals surface area contributed by atoms with Crippen LogP contribution < -0.4 is 0 Å². The van der Waals surface area contributed by atoms with Gasteiger partial charge in [0.15, 0.2) is 5.78 Å². The van der Waals surface area contributed by atoms with Gasteiger partial charge in [0, 0.05) is 28.6 Å². The number of nitrogens with zero attached hydrogens (tertiary/aromatic N) is 2. The largest absolute Gasteiger partial charge is 0.305 e. The predicted octanol–water partition coefficient (Wildman–Crippen LogP) is 3.64. The van der Waals surface area contributed by atoms with E-state index in [-0.39, 0.29) is 5.78 Å². The molecule has 19 heavy (non-hydrogen) atoms.